The van der Waals surface area contributed by atoms with Crippen molar-refractivity contribution in [1.29, 1.82) is 0 Å². The van der Waals surface area contributed by atoms with Crippen LogP contribution in [0, 0.1) is 0 Å². The molecule has 4 heterocycles. The van der Waals surface area contributed by atoms with Gasteiger partial charge in [-0.05, 0) is 94.0 Å². The molecule has 0 N–H and O–H groups in total. The zero-order valence-electron chi connectivity index (χ0n) is 27.3. The Balaban J connectivity index is 0.000000152. The molecule has 4 fully saturated rings. The van der Waals surface area contributed by atoms with Crippen LogP contribution in [0.25, 0.3) is 0 Å². The Morgan fingerprint density at radius 1 is 0.250 bits per heavy atom. The molecule has 0 radical (unpaired) electrons. The standard InChI is InChI=1S/2C20H22S4/c2*1-3-9-17(10-4-1)19(21-13-7-14-22-19)20(23-15-8-16-24-20)18-11-5-2-6-12-18/h2*1-6,9-12H,7-8,13-16H2. The summed E-state index contributed by atoms with van der Waals surface area (Å²) in [7, 11) is 0. The minimum Gasteiger partial charge on any atom is -0.137 e. The van der Waals surface area contributed by atoms with Gasteiger partial charge in [0.05, 0.1) is 0 Å². The SMILES string of the molecule is c1ccc(C2(C3(c4ccccc4)SCCCS3)SCCCS2)cc1.c1ccc(C2(C3(c4ccccc4)SCCCS3)SCCCS2)cc1. The Labute approximate surface area is 322 Å². The van der Waals surface area contributed by atoms with E-state index in [1.165, 1.54) is 94.0 Å². The van der Waals surface area contributed by atoms with Crippen LogP contribution in [0.3, 0.4) is 0 Å². The summed E-state index contributed by atoms with van der Waals surface area (Å²) < 4.78 is 0.403. The lowest BCUT2D eigenvalue weighted by Gasteiger charge is -2.52. The third-order valence-corrected chi connectivity index (χ3v) is 24.5. The Morgan fingerprint density at radius 3 is 0.583 bits per heavy atom. The summed E-state index contributed by atoms with van der Waals surface area (Å²) in [6, 6.07) is 45.1. The van der Waals surface area contributed by atoms with Gasteiger partial charge in [0.2, 0.25) is 0 Å². The van der Waals surface area contributed by atoms with Crippen LogP contribution in [0.1, 0.15) is 47.9 Å². The van der Waals surface area contributed by atoms with E-state index in [1.807, 2.05) is 0 Å². The first-order valence-corrected chi connectivity index (χ1v) is 25.0. The van der Waals surface area contributed by atoms with E-state index in [9.17, 15) is 0 Å². The molecule has 4 saturated heterocycles. The van der Waals surface area contributed by atoms with Crippen molar-refractivity contribution >= 4 is 94.1 Å². The second-order valence-electron chi connectivity index (χ2n) is 12.1. The quantitative estimate of drug-likeness (QED) is 0.187. The normalized spacial score (nSPS) is 22.8. The van der Waals surface area contributed by atoms with Gasteiger partial charge in [0.1, 0.15) is 16.3 Å². The highest BCUT2D eigenvalue weighted by Crippen LogP contribution is 2.72. The fourth-order valence-electron chi connectivity index (χ4n) is 6.95. The molecule has 4 aromatic rings. The second-order valence-corrected chi connectivity index (χ2v) is 23.6. The summed E-state index contributed by atoms with van der Waals surface area (Å²) >= 11 is 17.5. The van der Waals surface area contributed by atoms with Crippen LogP contribution in [0.2, 0.25) is 0 Å². The van der Waals surface area contributed by atoms with Crippen LogP contribution >= 0.6 is 94.1 Å². The van der Waals surface area contributed by atoms with Crippen molar-refractivity contribution in [2.75, 3.05) is 46.0 Å². The summed E-state index contributed by atoms with van der Waals surface area (Å²) in [4.78, 5) is 0. The lowest BCUT2D eigenvalue weighted by molar-refractivity contribution is 0.761. The average molecular weight is 781 g/mol. The highest BCUT2D eigenvalue weighted by atomic mass is 32.2. The Kier molecular flexibility index (Phi) is 12.8. The lowest BCUT2D eigenvalue weighted by Crippen LogP contribution is -2.43. The van der Waals surface area contributed by atoms with E-state index >= 15 is 0 Å². The smallest absolute Gasteiger partial charge is 0.114 e. The molecule has 0 atom stereocenters. The average Bonchev–Trinajstić information content (AvgIpc) is 3.20. The van der Waals surface area contributed by atoms with Crippen molar-refractivity contribution < 1.29 is 0 Å². The van der Waals surface area contributed by atoms with Crippen molar-refractivity contribution in [3.8, 4) is 0 Å². The Morgan fingerprint density at radius 2 is 0.417 bits per heavy atom. The molecule has 0 nitrogen and oxygen atoms in total. The zero-order chi connectivity index (χ0) is 32.6. The molecule has 0 spiro atoms. The van der Waals surface area contributed by atoms with E-state index < -0.39 is 0 Å². The fourth-order valence-corrected chi connectivity index (χ4v) is 23.3. The molecule has 48 heavy (non-hydrogen) atoms. The number of thioether (sulfide) groups is 8. The highest BCUT2D eigenvalue weighted by Gasteiger charge is 2.58. The number of rotatable bonds is 6. The van der Waals surface area contributed by atoms with Gasteiger partial charge in [0, 0.05) is 0 Å². The topological polar surface area (TPSA) is 0 Å². The van der Waals surface area contributed by atoms with E-state index in [1.54, 1.807) is 0 Å². The van der Waals surface area contributed by atoms with Crippen molar-refractivity contribution in [2.24, 2.45) is 0 Å². The van der Waals surface area contributed by atoms with Gasteiger partial charge in [-0.3, -0.25) is 0 Å². The van der Waals surface area contributed by atoms with Crippen LogP contribution in [0.15, 0.2) is 121 Å². The molecule has 0 bridgehead atoms. The van der Waals surface area contributed by atoms with Gasteiger partial charge in [-0.1, -0.05) is 121 Å². The summed E-state index contributed by atoms with van der Waals surface area (Å²) in [5.41, 5.74) is 5.96. The molecule has 4 aliphatic heterocycles. The van der Waals surface area contributed by atoms with Crippen molar-refractivity contribution in [3.63, 3.8) is 0 Å². The van der Waals surface area contributed by atoms with Crippen LogP contribution in [0.4, 0.5) is 0 Å². The molecule has 4 aliphatic rings. The largest absolute Gasteiger partial charge is 0.137 e. The summed E-state index contributed by atoms with van der Waals surface area (Å²) in [5.74, 6) is 10.1. The number of benzene rings is 4. The Hall–Kier alpha value is -0.320. The van der Waals surface area contributed by atoms with Crippen molar-refractivity contribution in [3.05, 3.63) is 144 Å². The molecule has 0 aromatic heterocycles. The highest BCUT2D eigenvalue weighted by molar-refractivity contribution is 8.25. The molecule has 4 aromatic carbocycles. The van der Waals surface area contributed by atoms with Crippen LogP contribution < -0.4 is 0 Å². The Bertz CT molecular complexity index is 1290. The molecule has 8 rings (SSSR count). The maximum Gasteiger partial charge on any atom is 0.114 e. The molecular formula is C40H44S8. The first-order chi connectivity index (χ1) is 23.7. The lowest BCUT2D eigenvalue weighted by atomic mass is 10.0. The molecule has 252 valence electrons. The van der Waals surface area contributed by atoms with Gasteiger partial charge in [0.15, 0.2) is 0 Å². The van der Waals surface area contributed by atoms with Gasteiger partial charge in [-0.2, -0.15) is 0 Å². The fraction of sp³-hybridized carbons (Fsp3) is 0.400. The predicted molar refractivity (Wildman–Crippen MR) is 231 cm³/mol. The van der Waals surface area contributed by atoms with E-state index in [0.29, 0.717) is 0 Å². The monoisotopic (exact) mass is 780 g/mol. The minimum atomic E-state index is 0.101. The van der Waals surface area contributed by atoms with Crippen LogP contribution in [0.5, 0.6) is 0 Å². The van der Waals surface area contributed by atoms with E-state index in [0.717, 1.165) is 0 Å². The molecule has 0 amide bonds. The van der Waals surface area contributed by atoms with Gasteiger partial charge in [-0.15, -0.1) is 94.1 Å². The molecule has 0 aliphatic carbocycles. The van der Waals surface area contributed by atoms with Crippen LogP contribution in [-0.2, 0) is 16.3 Å². The van der Waals surface area contributed by atoms with Crippen LogP contribution in [-0.4, -0.2) is 46.0 Å². The molecular weight excluding hydrogens is 737 g/mol. The molecule has 0 saturated carbocycles. The minimum absolute atomic E-state index is 0.101. The zero-order valence-corrected chi connectivity index (χ0v) is 33.8. The third-order valence-electron chi connectivity index (χ3n) is 9.08. The van der Waals surface area contributed by atoms with E-state index in [-0.39, 0.29) is 16.3 Å². The van der Waals surface area contributed by atoms with Crippen molar-refractivity contribution in [1.82, 2.24) is 0 Å². The summed E-state index contributed by atoms with van der Waals surface area (Å²) in [6.07, 6.45) is 5.29. The number of hydrogen-bond donors (Lipinski definition) is 0. The van der Waals surface area contributed by atoms with Gasteiger partial charge < -0.3 is 0 Å². The van der Waals surface area contributed by atoms with E-state index in [2.05, 4.69) is 215 Å². The first-order valence-electron chi connectivity index (χ1n) is 17.1. The molecule has 8 heteroatoms. The van der Waals surface area contributed by atoms with Gasteiger partial charge in [0.25, 0.3) is 0 Å². The maximum atomic E-state index is 2.35. The second kappa shape index (κ2) is 17.0. The van der Waals surface area contributed by atoms with Gasteiger partial charge in [-0.25, -0.2) is 0 Å². The summed E-state index contributed by atoms with van der Waals surface area (Å²) in [5, 5.41) is 0. The first kappa shape index (κ1) is 36.1. The molecule has 0 unspecified atom stereocenters. The summed E-state index contributed by atoms with van der Waals surface area (Å²) in [6.45, 7) is 0. The predicted octanol–water partition coefficient (Wildman–Crippen LogP) is 12.9. The van der Waals surface area contributed by atoms with Gasteiger partial charge >= 0.3 is 0 Å². The van der Waals surface area contributed by atoms with Crippen molar-refractivity contribution in [2.45, 2.75) is 42.0 Å². The number of hydrogen-bond acceptors (Lipinski definition) is 8. The maximum absolute atomic E-state index is 2.35. The third kappa shape index (κ3) is 7.06. The van der Waals surface area contributed by atoms with E-state index in [4.69, 9.17) is 0 Å².